The molecule has 0 bridgehead atoms. The van der Waals surface area contributed by atoms with E-state index in [0.29, 0.717) is 13.1 Å². The van der Waals surface area contributed by atoms with E-state index in [2.05, 4.69) is 17.4 Å². The van der Waals surface area contributed by atoms with Gasteiger partial charge in [0.1, 0.15) is 0 Å². The van der Waals surface area contributed by atoms with Gasteiger partial charge in [0.25, 0.3) is 0 Å². The van der Waals surface area contributed by atoms with Crippen molar-refractivity contribution in [2.75, 3.05) is 13.1 Å². The van der Waals surface area contributed by atoms with Gasteiger partial charge in [-0.25, -0.2) is 4.79 Å². The molecule has 1 aliphatic carbocycles. The van der Waals surface area contributed by atoms with E-state index >= 15 is 0 Å². The third-order valence-corrected chi connectivity index (χ3v) is 3.76. The minimum absolute atomic E-state index is 0.310. The number of carbonyl (C=O) groups is 1. The number of hydrogen-bond acceptors (Lipinski definition) is 3. The zero-order valence-corrected chi connectivity index (χ0v) is 9.66. The molecule has 0 saturated carbocycles. The topological polar surface area (TPSA) is 64.3 Å². The van der Waals surface area contributed by atoms with E-state index in [4.69, 9.17) is 10.5 Å². The molecule has 1 unspecified atom stereocenters. The van der Waals surface area contributed by atoms with Gasteiger partial charge in [-0.1, -0.05) is 18.2 Å². The Morgan fingerprint density at radius 1 is 1.35 bits per heavy atom. The highest BCUT2D eigenvalue weighted by Crippen LogP contribution is 2.32. The number of nitrogens with two attached hydrogens (primary N) is 1. The highest BCUT2D eigenvalue weighted by molar-refractivity contribution is 5.70. The molecule has 4 nitrogen and oxygen atoms in total. The molecule has 1 aromatic carbocycles. The van der Waals surface area contributed by atoms with Crippen molar-refractivity contribution in [1.29, 1.82) is 0 Å². The number of carbonyl (C=O) groups excluding carboxylic acids is 1. The molecule has 0 radical (unpaired) electrons. The van der Waals surface area contributed by atoms with Gasteiger partial charge in [-0.15, -0.1) is 0 Å². The molecule has 1 atom stereocenters. The maximum absolute atomic E-state index is 11.2. The van der Waals surface area contributed by atoms with Crippen molar-refractivity contribution >= 4 is 6.09 Å². The van der Waals surface area contributed by atoms with Gasteiger partial charge in [-0.3, -0.25) is 0 Å². The van der Waals surface area contributed by atoms with E-state index in [-0.39, 0.29) is 6.09 Å². The number of benzene rings is 1. The van der Waals surface area contributed by atoms with Crippen LogP contribution in [-0.2, 0) is 23.2 Å². The van der Waals surface area contributed by atoms with Crippen molar-refractivity contribution in [1.82, 2.24) is 5.32 Å². The van der Waals surface area contributed by atoms with Crippen LogP contribution in [0.15, 0.2) is 18.2 Å². The summed E-state index contributed by atoms with van der Waals surface area (Å²) in [5, 5.41) is 2.69. The van der Waals surface area contributed by atoms with Gasteiger partial charge >= 0.3 is 6.09 Å². The summed E-state index contributed by atoms with van der Waals surface area (Å²) in [4.78, 5) is 11.2. The number of fused-ring (bicyclic) bond motifs is 1. The van der Waals surface area contributed by atoms with Crippen LogP contribution in [0.2, 0.25) is 0 Å². The van der Waals surface area contributed by atoms with Crippen LogP contribution in [0.5, 0.6) is 0 Å². The quantitative estimate of drug-likeness (QED) is 0.801. The summed E-state index contributed by atoms with van der Waals surface area (Å²) in [6, 6.07) is 6.33. The standard InChI is InChI=1S/C13H16N2O2/c14-7-13(8-15-12(16)17-13)11-5-4-9-2-1-3-10(9)6-11/h4-6H,1-3,7-8,14H2,(H,15,16). The van der Waals surface area contributed by atoms with E-state index < -0.39 is 5.60 Å². The van der Waals surface area contributed by atoms with Gasteiger partial charge in [0, 0.05) is 6.54 Å². The van der Waals surface area contributed by atoms with Crippen LogP contribution in [-0.4, -0.2) is 19.2 Å². The zero-order valence-electron chi connectivity index (χ0n) is 9.66. The van der Waals surface area contributed by atoms with Crippen LogP contribution in [0.4, 0.5) is 4.79 Å². The molecule has 1 heterocycles. The van der Waals surface area contributed by atoms with Crippen LogP contribution in [0, 0.1) is 0 Å². The molecule has 4 heteroatoms. The average Bonchev–Trinajstić information content (AvgIpc) is 2.94. The summed E-state index contributed by atoms with van der Waals surface area (Å²) in [6.45, 7) is 0.769. The van der Waals surface area contributed by atoms with Crippen molar-refractivity contribution < 1.29 is 9.53 Å². The van der Waals surface area contributed by atoms with E-state index in [0.717, 1.165) is 18.4 Å². The Morgan fingerprint density at radius 3 is 2.88 bits per heavy atom. The van der Waals surface area contributed by atoms with Crippen molar-refractivity contribution in [3.63, 3.8) is 0 Å². The number of rotatable bonds is 2. The third-order valence-electron chi connectivity index (χ3n) is 3.76. The molecule has 1 fully saturated rings. The molecular weight excluding hydrogens is 216 g/mol. The molecule has 0 spiro atoms. The van der Waals surface area contributed by atoms with Gasteiger partial charge in [0.05, 0.1) is 6.54 Å². The Kier molecular flexibility index (Phi) is 2.33. The van der Waals surface area contributed by atoms with Crippen molar-refractivity contribution in [3.8, 4) is 0 Å². The zero-order chi connectivity index (χ0) is 11.9. The second-order valence-corrected chi connectivity index (χ2v) is 4.78. The molecule has 90 valence electrons. The maximum Gasteiger partial charge on any atom is 0.408 e. The lowest BCUT2D eigenvalue weighted by atomic mass is 9.91. The summed E-state index contributed by atoms with van der Waals surface area (Å²) in [6.07, 6.45) is 3.11. The Balaban J connectivity index is 2.00. The van der Waals surface area contributed by atoms with E-state index in [1.807, 2.05) is 6.07 Å². The summed E-state index contributed by atoms with van der Waals surface area (Å²) in [5.74, 6) is 0. The lowest BCUT2D eigenvalue weighted by Crippen LogP contribution is -2.38. The lowest BCUT2D eigenvalue weighted by molar-refractivity contribution is 0.0616. The fourth-order valence-electron chi connectivity index (χ4n) is 2.71. The van der Waals surface area contributed by atoms with Gasteiger partial charge in [0.2, 0.25) is 0 Å². The Hall–Kier alpha value is -1.55. The average molecular weight is 232 g/mol. The first-order valence-electron chi connectivity index (χ1n) is 6.03. The Morgan fingerprint density at radius 2 is 2.18 bits per heavy atom. The van der Waals surface area contributed by atoms with Gasteiger partial charge < -0.3 is 15.8 Å². The SMILES string of the molecule is NCC1(c2ccc3c(c2)CCC3)CNC(=O)O1. The van der Waals surface area contributed by atoms with E-state index in [1.54, 1.807) is 0 Å². The van der Waals surface area contributed by atoms with Crippen LogP contribution in [0.3, 0.4) is 0 Å². The van der Waals surface area contributed by atoms with Crippen LogP contribution in [0.1, 0.15) is 23.1 Å². The second kappa shape index (κ2) is 3.74. The minimum Gasteiger partial charge on any atom is -0.435 e. The van der Waals surface area contributed by atoms with Crippen molar-refractivity contribution in [2.24, 2.45) is 5.73 Å². The van der Waals surface area contributed by atoms with Gasteiger partial charge in [-0.2, -0.15) is 0 Å². The number of amides is 1. The molecule has 1 amide bonds. The number of aryl methyl sites for hydroxylation is 2. The number of cyclic esters (lactones) is 1. The molecule has 1 saturated heterocycles. The number of alkyl carbamates (subject to hydrolysis) is 1. The molecule has 3 rings (SSSR count). The fraction of sp³-hybridized carbons (Fsp3) is 0.462. The predicted octanol–water partition coefficient (Wildman–Crippen LogP) is 1.07. The molecule has 17 heavy (non-hydrogen) atoms. The van der Waals surface area contributed by atoms with Crippen molar-refractivity contribution in [2.45, 2.75) is 24.9 Å². The van der Waals surface area contributed by atoms with E-state index in [1.165, 1.54) is 17.5 Å². The first-order chi connectivity index (χ1) is 8.23. The third kappa shape index (κ3) is 1.60. The predicted molar refractivity (Wildman–Crippen MR) is 63.7 cm³/mol. The van der Waals surface area contributed by atoms with E-state index in [9.17, 15) is 4.79 Å². The van der Waals surface area contributed by atoms with Crippen LogP contribution < -0.4 is 11.1 Å². The summed E-state index contributed by atoms with van der Waals surface area (Å²) in [7, 11) is 0. The Bertz CT molecular complexity index is 472. The second-order valence-electron chi connectivity index (χ2n) is 4.78. The molecule has 1 aliphatic heterocycles. The normalized spacial score (nSPS) is 26.5. The summed E-state index contributed by atoms with van der Waals surface area (Å²) in [5.41, 5.74) is 8.92. The first kappa shape index (κ1) is 10.6. The minimum atomic E-state index is -0.672. The summed E-state index contributed by atoms with van der Waals surface area (Å²) < 4.78 is 5.37. The van der Waals surface area contributed by atoms with Crippen molar-refractivity contribution in [3.05, 3.63) is 34.9 Å². The lowest BCUT2D eigenvalue weighted by Gasteiger charge is -2.25. The number of ether oxygens (including phenoxy) is 1. The molecule has 2 aliphatic rings. The summed E-state index contributed by atoms with van der Waals surface area (Å²) >= 11 is 0. The highest BCUT2D eigenvalue weighted by Gasteiger charge is 2.41. The fourth-order valence-corrected chi connectivity index (χ4v) is 2.71. The van der Waals surface area contributed by atoms with Crippen LogP contribution in [0.25, 0.3) is 0 Å². The van der Waals surface area contributed by atoms with Crippen LogP contribution >= 0.6 is 0 Å². The maximum atomic E-state index is 11.2. The molecule has 1 aromatic rings. The number of hydrogen-bond donors (Lipinski definition) is 2. The Labute approximate surface area is 100 Å². The largest absolute Gasteiger partial charge is 0.435 e. The first-order valence-corrected chi connectivity index (χ1v) is 6.03. The number of nitrogens with one attached hydrogen (secondary N) is 1. The smallest absolute Gasteiger partial charge is 0.408 e. The van der Waals surface area contributed by atoms with Gasteiger partial charge in [0.15, 0.2) is 5.60 Å². The highest BCUT2D eigenvalue weighted by atomic mass is 16.6. The molecular formula is C13H16N2O2. The molecule has 3 N–H and O–H groups in total. The monoisotopic (exact) mass is 232 g/mol. The van der Waals surface area contributed by atoms with Gasteiger partial charge in [-0.05, 0) is 36.0 Å². The molecule has 0 aromatic heterocycles.